The van der Waals surface area contributed by atoms with Crippen LogP contribution in [-0.4, -0.2) is 28.2 Å². The van der Waals surface area contributed by atoms with Crippen LogP contribution < -0.4 is 4.90 Å². The normalized spacial score (nSPS) is 16.1. The van der Waals surface area contributed by atoms with Crippen LogP contribution in [0.3, 0.4) is 0 Å². The van der Waals surface area contributed by atoms with Crippen LogP contribution in [0.1, 0.15) is 24.5 Å². The van der Waals surface area contributed by atoms with Crippen molar-refractivity contribution < 1.29 is 8.91 Å². The molecule has 1 saturated heterocycles. The summed E-state index contributed by atoms with van der Waals surface area (Å²) in [4.78, 5) is 11.1. The predicted octanol–water partition coefficient (Wildman–Crippen LogP) is 4.36. The molecule has 0 aliphatic carbocycles. The molecule has 25 heavy (non-hydrogen) atoms. The zero-order valence-corrected chi connectivity index (χ0v) is 14.2. The predicted molar refractivity (Wildman–Crippen MR) is 95.6 cm³/mol. The Hall–Kier alpha value is -2.54. The number of hydrogen-bond acceptors (Lipinski definition) is 6. The maximum Gasteiger partial charge on any atom is 0.170 e. The smallest absolute Gasteiger partial charge is 0.170 e. The molecule has 0 N–H and O–H groups in total. The van der Waals surface area contributed by atoms with Crippen LogP contribution in [0.25, 0.3) is 21.2 Å². The lowest BCUT2D eigenvalue weighted by Crippen LogP contribution is -2.33. The van der Waals surface area contributed by atoms with Gasteiger partial charge in [0.25, 0.3) is 0 Å². The van der Waals surface area contributed by atoms with E-state index in [1.54, 1.807) is 23.7 Å². The van der Waals surface area contributed by atoms with Gasteiger partial charge < -0.3 is 9.42 Å². The van der Waals surface area contributed by atoms with Crippen molar-refractivity contribution in [1.29, 1.82) is 0 Å². The van der Waals surface area contributed by atoms with Gasteiger partial charge in [-0.05, 0) is 36.4 Å². The fourth-order valence-electron chi connectivity index (χ4n) is 3.59. The molecule has 1 aliphatic heterocycles. The number of rotatable bonds is 2. The van der Waals surface area contributed by atoms with Gasteiger partial charge in [0.05, 0.1) is 15.9 Å². The Kier molecular flexibility index (Phi) is 3.41. The molecule has 126 valence electrons. The van der Waals surface area contributed by atoms with Gasteiger partial charge in [0.2, 0.25) is 0 Å². The summed E-state index contributed by atoms with van der Waals surface area (Å²) < 4.78 is 19.8. The van der Waals surface area contributed by atoms with E-state index in [0.29, 0.717) is 11.5 Å². The van der Waals surface area contributed by atoms with Crippen LogP contribution in [0.15, 0.2) is 40.5 Å². The maximum atomic E-state index is 13.3. The van der Waals surface area contributed by atoms with E-state index in [4.69, 9.17) is 4.52 Å². The zero-order chi connectivity index (χ0) is 16.8. The Morgan fingerprint density at radius 3 is 2.92 bits per heavy atom. The van der Waals surface area contributed by atoms with Crippen LogP contribution in [0.4, 0.5) is 10.2 Å². The van der Waals surface area contributed by atoms with Gasteiger partial charge in [-0.2, -0.15) is 0 Å². The van der Waals surface area contributed by atoms with E-state index in [2.05, 4.69) is 25.4 Å². The van der Waals surface area contributed by atoms with Gasteiger partial charge in [-0.25, -0.2) is 14.4 Å². The van der Waals surface area contributed by atoms with E-state index in [9.17, 15) is 4.39 Å². The molecule has 3 aromatic heterocycles. The summed E-state index contributed by atoms with van der Waals surface area (Å²) in [7, 11) is 0. The van der Waals surface area contributed by atoms with Crippen molar-refractivity contribution in [3.63, 3.8) is 0 Å². The summed E-state index contributed by atoms with van der Waals surface area (Å²) in [6.45, 7) is 1.81. The highest BCUT2D eigenvalue weighted by Gasteiger charge is 2.26. The number of halogens is 1. The second-order valence-corrected chi connectivity index (χ2v) is 7.22. The van der Waals surface area contributed by atoms with E-state index in [1.807, 2.05) is 6.07 Å². The topological polar surface area (TPSA) is 55.1 Å². The van der Waals surface area contributed by atoms with Crippen LogP contribution in [0.5, 0.6) is 0 Å². The Balaban J connectivity index is 1.40. The lowest BCUT2D eigenvalue weighted by molar-refractivity contribution is 0.416. The molecule has 4 aromatic rings. The SMILES string of the molecule is Fc1ccc2c(C3CCN(c4ncnc5ccsc45)CC3)noc2c1. The van der Waals surface area contributed by atoms with Crippen molar-refractivity contribution >= 4 is 38.3 Å². The summed E-state index contributed by atoms with van der Waals surface area (Å²) in [5, 5.41) is 7.19. The van der Waals surface area contributed by atoms with Crippen molar-refractivity contribution in [3.8, 4) is 0 Å². The molecule has 4 heterocycles. The minimum atomic E-state index is -0.297. The fourth-order valence-corrected chi connectivity index (χ4v) is 4.45. The molecule has 0 spiro atoms. The molecule has 5 rings (SSSR count). The van der Waals surface area contributed by atoms with Crippen LogP contribution in [0, 0.1) is 5.82 Å². The van der Waals surface area contributed by atoms with Gasteiger partial charge in [-0.15, -0.1) is 11.3 Å². The van der Waals surface area contributed by atoms with Crippen molar-refractivity contribution in [2.24, 2.45) is 0 Å². The summed E-state index contributed by atoms with van der Waals surface area (Å²) in [6.07, 6.45) is 3.57. The monoisotopic (exact) mass is 354 g/mol. The standard InChI is InChI=1S/C18H15FN4OS/c19-12-1-2-13-15(9-12)24-22-16(13)11-3-6-23(7-4-11)18-17-14(5-8-25-17)20-10-21-18/h1-2,5,8-11H,3-4,6-7H2. The summed E-state index contributed by atoms with van der Waals surface area (Å²) in [5.41, 5.74) is 2.47. The average Bonchev–Trinajstić information content (AvgIpc) is 3.28. The third-order valence-electron chi connectivity index (χ3n) is 4.87. The van der Waals surface area contributed by atoms with Gasteiger partial charge >= 0.3 is 0 Å². The number of benzene rings is 1. The molecule has 1 aliphatic rings. The molecule has 1 fully saturated rings. The number of aromatic nitrogens is 3. The first-order chi connectivity index (χ1) is 12.3. The highest BCUT2D eigenvalue weighted by molar-refractivity contribution is 7.17. The van der Waals surface area contributed by atoms with Crippen molar-refractivity contribution in [3.05, 3.63) is 47.5 Å². The van der Waals surface area contributed by atoms with Gasteiger partial charge in [0.1, 0.15) is 18.0 Å². The Labute approximate surface area is 147 Å². The lowest BCUT2D eigenvalue weighted by atomic mass is 9.91. The van der Waals surface area contributed by atoms with Crippen LogP contribution in [-0.2, 0) is 0 Å². The molecule has 0 bridgehead atoms. The first kappa shape index (κ1) is 14.8. The fraction of sp³-hybridized carbons (Fsp3) is 0.278. The van der Waals surface area contributed by atoms with E-state index in [-0.39, 0.29) is 5.82 Å². The van der Waals surface area contributed by atoms with Gasteiger partial charge in [0, 0.05) is 30.5 Å². The minimum Gasteiger partial charge on any atom is -0.356 e. The molecule has 7 heteroatoms. The molecule has 0 atom stereocenters. The number of thiophene rings is 1. The first-order valence-corrected chi connectivity index (χ1v) is 9.15. The van der Waals surface area contributed by atoms with Gasteiger partial charge in [-0.1, -0.05) is 5.16 Å². The highest BCUT2D eigenvalue weighted by atomic mass is 32.1. The quantitative estimate of drug-likeness (QED) is 0.535. The number of fused-ring (bicyclic) bond motifs is 2. The van der Waals surface area contributed by atoms with E-state index in [0.717, 1.165) is 53.0 Å². The van der Waals surface area contributed by atoms with Crippen LogP contribution >= 0.6 is 11.3 Å². The number of hydrogen-bond donors (Lipinski definition) is 0. The Morgan fingerprint density at radius 1 is 1.16 bits per heavy atom. The second-order valence-electron chi connectivity index (χ2n) is 6.30. The molecule has 0 radical (unpaired) electrons. The second kappa shape index (κ2) is 5.77. The molecule has 0 unspecified atom stereocenters. The van der Waals surface area contributed by atoms with E-state index < -0.39 is 0 Å². The van der Waals surface area contributed by atoms with Crippen molar-refractivity contribution in [2.75, 3.05) is 18.0 Å². The van der Waals surface area contributed by atoms with E-state index in [1.165, 1.54) is 12.1 Å². The minimum absolute atomic E-state index is 0.297. The molecule has 0 saturated carbocycles. The third kappa shape index (κ3) is 2.46. The first-order valence-electron chi connectivity index (χ1n) is 8.27. The summed E-state index contributed by atoms with van der Waals surface area (Å²) >= 11 is 1.68. The summed E-state index contributed by atoms with van der Waals surface area (Å²) in [5.74, 6) is 1.04. The zero-order valence-electron chi connectivity index (χ0n) is 13.4. The van der Waals surface area contributed by atoms with Crippen LogP contribution in [0.2, 0.25) is 0 Å². The molecule has 5 nitrogen and oxygen atoms in total. The molecular formula is C18H15FN4OS. The summed E-state index contributed by atoms with van der Waals surface area (Å²) in [6, 6.07) is 6.66. The Bertz CT molecular complexity index is 1050. The largest absolute Gasteiger partial charge is 0.356 e. The number of nitrogens with zero attached hydrogens (tertiary/aromatic N) is 4. The average molecular weight is 354 g/mol. The maximum absolute atomic E-state index is 13.3. The number of anilines is 1. The van der Waals surface area contributed by atoms with Crippen molar-refractivity contribution in [2.45, 2.75) is 18.8 Å². The molecular weight excluding hydrogens is 339 g/mol. The number of piperidine rings is 1. The molecule has 1 aromatic carbocycles. The lowest BCUT2D eigenvalue weighted by Gasteiger charge is -2.32. The van der Waals surface area contributed by atoms with Gasteiger partial charge in [-0.3, -0.25) is 0 Å². The van der Waals surface area contributed by atoms with Crippen molar-refractivity contribution in [1.82, 2.24) is 15.1 Å². The van der Waals surface area contributed by atoms with E-state index >= 15 is 0 Å². The molecule has 0 amide bonds. The Morgan fingerprint density at radius 2 is 2.04 bits per heavy atom. The highest BCUT2D eigenvalue weighted by Crippen LogP contribution is 2.36. The third-order valence-corrected chi connectivity index (χ3v) is 5.77. The van der Waals surface area contributed by atoms with Gasteiger partial charge in [0.15, 0.2) is 5.58 Å².